The molecular formula is C22H19N5O3S. The Morgan fingerprint density at radius 1 is 1.10 bits per heavy atom. The Morgan fingerprint density at radius 2 is 1.84 bits per heavy atom. The van der Waals surface area contributed by atoms with Gasteiger partial charge in [-0.25, -0.2) is 9.67 Å². The van der Waals surface area contributed by atoms with Gasteiger partial charge in [0.05, 0.1) is 21.6 Å². The number of nitrogens with two attached hydrogens (primary N) is 1. The van der Waals surface area contributed by atoms with Crippen molar-refractivity contribution in [1.29, 1.82) is 0 Å². The van der Waals surface area contributed by atoms with E-state index in [1.165, 1.54) is 0 Å². The van der Waals surface area contributed by atoms with Gasteiger partial charge < -0.3 is 10.6 Å². The van der Waals surface area contributed by atoms with Crippen molar-refractivity contribution in [2.24, 2.45) is 5.73 Å². The Kier molecular flexibility index (Phi) is 4.74. The summed E-state index contributed by atoms with van der Waals surface area (Å²) in [5.74, 6) is -0.979. The number of rotatable bonds is 4. The van der Waals surface area contributed by atoms with E-state index in [0.717, 1.165) is 32.7 Å². The van der Waals surface area contributed by atoms with Crippen LogP contribution in [0.4, 0.5) is 0 Å². The second-order valence-corrected chi connectivity index (χ2v) is 8.55. The summed E-state index contributed by atoms with van der Waals surface area (Å²) in [5.41, 5.74) is 5.94. The van der Waals surface area contributed by atoms with E-state index in [2.05, 4.69) is 5.10 Å². The highest BCUT2D eigenvalue weighted by atomic mass is 32.1. The minimum absolute atomic E-state index is 0.0212. The largest absolute Gasteiger partial charge is 0.364 e. The number of hydrogen-bond donors (Lipinski definition) is 1. The summed E-state index contributed by atoms with van der Waals surface area (Å²) in [6.45, 7) is 0.329. The summed E-state index contributed by atoms with van der Waals surface area (Å²) >= 11 is 1.58. The highest BCUT2D eigenvalue weighted by molar-refractivity contribution is 7.18. The van der Waals surface area contributed by atoms with Crippen LogP contribution >= 0.6 is 11.3 Å². The van der Waals surface area contributed by atoms with Gasteiger partial charge in [-0.05, 0) is 31.0 Å². The SMILES string of the molecule is NC(=O)c1nn(CC(=O)N2CCCC2c2nc3ccccc3s2)c(=O)c2ccccc12. The maximum atomic E-state index is 13.2. The first-order valence-corrected chi connectivity index (χ1v) is 10.8. The van der Waals surface area contributed by atoms with Gasteiger partial charge in [-0.3, -0.25) is 14.4 Å². The molecule has 1 atom stereocenters. The predicted octanol–water partition coefficient (Wildman–Crippen LogP) is 2.47. The third-order valence-corrected chi connectivity index (χ3v) is 6.69. The molecule has 1 unspecified atom stereocenters. The molecule has 1 aliphatic rings. The van der Waals surface area contributed by atoms with Crippen LogP contribution in [0.2, 0.25) is 0 Å². The number of aromatic nitrogens is 3. The van der Waals surface area contributed by atoms with Crippen molar-refractivity contribution in [1.82, 2.24) is 19.7 Å². The van der Waals surface area contributed by atoms with Crippen LogP contribution in [0.3, 0.4) is 0 Å². The zero-order valence-corrected chi connectivity index (χ0v) is 17.3. The Bertz CT molecular complexity index is 1360. The number of nitrogens with zero attached hydrogens (tertiary/aromatic N) is 4. The van der Waals surface area contributed by atoms with E-state index in [9.17, 15) is 14.4 Å². The van der Waals surface area contributed by atoms with Crippen molar-refractivity contribution in [3.8, 4) is 0 Å². The van der Waals surface area contributed by atoms with Gasteiger partial charge in [0.2, 0.25) is 5.91 Å². The molecule has 5 rings (SSSR count). The van der Waals surface area contributed by atoms with E-state index < -0.39 is 11.5 Å². The number of primary amides is 1. The molecule has 31 heavy (non-hydrogen) atoms. The van der Waals surface area contributed by atoms with E-state index in [1.54, 1.807) is 40.5 Å². The number of likely N-dealkylation sites (tertiary alicyclic amines) is 1. The molecule has 3 heterocycles. The van der Waals surface area contributed by atoms with Gasteiger partial charge in [0.15, 0.2) is 5.69 Å². The fourth-order valence-electron chi connectivity index (χ4n) is 4.10. The van der Waals surface area contributed by atoms with Crippen molar-refractivity contribution in [2.45, 2.75) is 25.4 Å². The standard InChI is InChI=1S/C22H19N5O3S/c23-20(29)19-13-6-1-2-7-14(13)22(30)27(25-19)12-18(28)26-11-5-9-16(26)21-24-15-8-3-4-10-17(15)31-21/h1-4,6-8,10,16H,5,9,11-12H2,(H2,23,29). The predicted molar refractivity (Wildman–Crippen MR) is 118 cm³/mol. The number of benzene rings is 2. The molecule has 4 aromatic rings. The van der Waals surface area contributed by atoms with E-state index >= 15 is 0 Å². The van der Waals surface area contributed by atoms with Crippen molar-refractivity contribution in [3.05, 3.63) is 69.6 Å². The molecule has 1 aliphatic heterocycles. The minimum Gasteiger partial charge on any atom is -0.364 e. The normalized spacial score (nSPS) is 16.3. The molecule has 0 radical (unpaired) electrons. The molecule has 8 nitrogen and oxygen atoms in total. The van der Waals surface area contributed by atoms with E-state index in [4.69, 9.17) is 10.7 Å². The lowest BCUT2D eigenvalue weighted by molar-refractivity contribution is -0.133. The van der Waals surface area contributed by atoms with E-state index in [0.29, 0.717) is 17.3 Å². The number of amides is 2. The number of carbonyl (C=O) groups excluding carboxylic acids is 2. The zero-order chi connectivity index (χ0) is 21.5. The average molecular weight is 433 g/mol. The molecule has 0 spiro atoms. The summed E-state index contributed by atoms with van der Waals surface area (Å²) in [7, 11) is 0. The highest BCUT2D eigenvalue weighted by Crippen LogP contribution is 2.36. The fourth-order valence-corrected chi connectivity index (χ4v) is 5.21. The molecule has 0 saturated carbocycles. The first-order valence-electron chi connectivity index (χ1n) is 9.97. The number of hydrogen-bond acceptors (Lipinski definition) is 6. The Labute approximate surface area is 180 Å². The second-order valence-electron chi connectivity index (χ2n) is 7.49. The van der Waals surface area contributed by atoms with Crippen LogP contribution in [-0.4, -0.2) is 38.0 Å². The molecule has 2 amide bonds. The molecule has 0 bridgehead atoms. The van der Waals surface area contributed by atoms with E-state index in [-0.39, 0.29) is 24.2 Å². The van der Waals surface area contributed by atoms with Crippen molar-refractivity contribution in [2.75, 3.05) is 6.54 Å². The first-order chi connectivity index (χ1) is 15.0. The van der Waals surface area contributed by atoms with Crippen LogP contribution in [0.15, 0.2) is 53.3 Å². The van der Waals surface area contributed by atoms with Gasteiger partial charge in [0, 0.05) is 11.9 Å². The summed E-state index contributed by atoms with van der Waals surface area (Å²) in [6, 6.07) is 14.4. The molecule has 156 valence electrons. The Balaban J connectivity index is 1.48. The van der Waals surface area contributed by atoms with Crippen molar-refractivity contribution >= 4 is 44.1 Å². The fraction of sp³-hybridized carbons (Fsp3) is 0.227. The van der Waals surface area contributed by atoms with Crippen LogP contribution < -0.4 is 11.3 Å². The summed E-state index contributed by atoms with van der Waals surface area (Å²) in [4.78, 5) is 44.4. The Morgan fingerprint density at radius 3 is 2.61 bits per heavy atom. The lowest BCUT2D eigenvalue weighted by Gasteiger charge is -2.23. The lowest BCUT2D eigenvalue weighted by atomic mass is 10.1. The number of para-hydroxylation sites is 1. The lowest BCUT2D eigenvalue weighted by Crippen LogP contribution is -2.38. The molecule has 2 aromatic carbocycles. The summed E-state index contributed by atoms with van der Waals surface area (Å²) < 4.78 is 2.12. The second kappa shape index (κ2) is 7.59. The molecule has 1 saturated heterocycles. The monoisotopic (exact) mass is 433 g/mol. The highest BCUT2D eigenvalue weighted by Gasteiger charge is 2.32. The average Bonchev–Trinajstić information content (AvgIpc) is 3.42. The molecule has 2 aromatic heterocycles. The summed E-state index contributed by atoms with van der Waals surface area (Å²) in [6.07, 6.45) is 1.68. The molecular weight excluding hydrogens is 414 g/mol. The number of thiazole rings is 1. The molecule has 2 N–H and O–H groups in total. The maximum Gasteiger partial charge on any atom is 0.275 e. The van der Waals surface area contributed by atoms with Gasteiger partial charge in [-0.1, -0.05) is 30.3 Å². The third-order valence-electron chi connectivity index (χ3n) is 5.55. The molecule has 1 fully saturated rings. The van der Waals surface area contributed by atoms with Crippen molar-refractivity contribution < 1.29 is 9.59 Å². The minimum atomic E-state index is -0.745. The third kappa shape index (κ3) is 3.36. The number of carbonyl (C=O) groups is 2. The van der Waals surface area contributed by atoms with Gasteiger partial charge in [-0.2, -0.15) is 5.10 Å². The first kappa shape index (κ1) is 19.4. The smallest absolute Gasteiger partial charge is 0.275 e. The Hall–Kier alpha value is -3.59. The van der Waals surface area contributed by atoms with Crippen LogP contribution in [0.1, 0.15) is 34.4 Å². The maximum absolute atomic E-state index is 13.2. The zero-order valence-electron chi connectivity index (χ0n) is 16.5. The molecule has 9 heteroatoms. The molecule has 0 aliphatic carbocycles. The van der Waals surface area contributed by atoms with Crippen LogP contribution in [-0.2, 0) is 11.3 Å². The topological polar surface area (TPSA) is 111 Å². The van der Waals surface area contributed by atoms with Crippen molar-refractivity contribution in [3.63, 3.8) is 0 Å². The van der Waals surface area contributed by atoms with Crippen LogP contribution in [0.5, 0.6) is 0 Å². The van der Waals surface area contributed by atoms with Gasteiger partial charge in [0.25, 0.3) is 11.5 Å². The van der Waals surface area contributed by atoms with Gasteiger partial charge in [0.1, 0.15) is 11.6 Å². The summed E-state index contributed by atoms with van der Waals surface area (Å²) in [5, 5.41) is 5.70. The van der Waals surface area contributed by atoms with Crippen LogP contribution in [0, 0.1) is 0 Å². The van der Waals surface area contributed by atoms with E-state index in [1.807, 2.05) is 24.3 Å². The number of fused-ring (bicyclic) bond motifs is 2. The van der Waals surface area contributed by atoms with Crippen LogP contribution in [0.25, 0.3) is 21.0 Å². The van der Waals surface area contributed by atoms with Gasteiger partial charge >= 0.3 is 0 Å². The quantitative estimate of drug-likeness (QED) is 0.531. The van der Waals surface area contributed by atoms with Gasteiger partial charge in [-0.15, -0.1) is 11.3 Å².